The minimum Gasteiger partial charge on any atom is -0.508 e. The molecule has 0 saturated heterocycles. The standard InChI is InChI=1S/C20H15N5O5/c26-19-10-9-13(24(27)28)11-14(19)20(22-16-6-2-4-8-18(16)25(29)30)23-12-21-15-5-1-3-7-17(15)23/h1-12,20,22,26H. The highest BCUT2D eigenvalue weighted by Gasteiger charge is 2.25. The number of phenols is 1. The Bertz CT molecular complexity index is 1270. The van der Waals surface area contributed by atoms with E-state index in [1.54, 1.807) is 28.8 Å². The largest absolute Gasteiger partial charge is 0.508 e. The van der Waals surface area contributed by atoms with Gasteiger partial charge in [-0.05, 0) is 24.3 Å². The molecular formula is C20H15N5O5. The van der Waals surface area contributed by atoms with Crippen molar-refractivity contribution in [3.05, 3.63) is 98.8 Å². The van der Waals surface area contributed by atoms with Crippen molar-refractivity contribution in [1.29, 1.82) is 0 Å². The van der Waals surface area contributed by atoms with Crippen molar-refractivity contribution in [2.75, 3.05) is 5.32 Å². The van der Waals surface area contributed by atoms with Crippen molar-refractivity contribution in [3.63, 3.8) is 0 Å². The van der Waals surface area contributed by atoms with Gasteiger partial charge < -0.3 is 15.0 Å². The monoisotopic (exact) mass is 405 g/mol. The van der Waals surface area contributed by atoms with E-state index in [-0.39, 0.29) is 28.4 Å². The van der Waals surface area contributed by atoms with Gasteiger partial charge >= 0.3 is 0 Å². The highest BCUT2D eigenvalue weighted by Crippen LogP contribution is 2.35. The van der Waals surface area contributed by atoms with Crippen LogP contribution in [-0.2, 0) is 0 Å². The lowest BCUT2D eigenvalue weighted by molar-refractivity contribution is -0.385. The molecule has 150 valence electrons. The van der Waals surface area contributed by atoms with Gasteiger partial charge in [0.2, 0.25) is 0 Å². The number of nitro benzene ring substituents is 2. The molecule has 0 spiro atoms. The molecule has 0 radical (unpaired) electrons. The number of anilines is 1. The van der Waals surface area contributed by atoms with Gasteiger partial charge in [-0.15, -0.1) is 0 Å². The number of hydrogen-bond acceptors (Lipinski definition) is 7. The van der Waals surface area contributed by atoms with Crippen LogP contribution in [0.2, 0.25) is 0 Å². The number of nitrogens with one attached hydrogen (secondary N) is 1. The molecule has 10 nitrogen and oxygen atoms in total. The van der Waals surface area contributed by atoms with Crippen LogP contribution in [0.3, 0.4) is 0 Å². The first-order valence-corrected chi connectivity index (χ1v) is 8.84. The topological polar surface area (TPSA) is 136 Å². The first-order chi connectivity index (χ1) is 14.5. The van der Waals surface area contributed by atoms with Gasteiger partial charge in [0.15, 0.2) is 0 Å². The van der Waals surface area contributed by atoms with Gasteiger partial charge in [-0.1, -0.05) is 24.3 Å². The Labute approximate surface area is 169 Å². The van der Waals surface area contributed by atoms with Crippen LogP contribution < -0.4 is 5.32 Å². The third kappa shape index (κ3) is 3.37. The molecule has 0 bridgehead atoms. The average Bonchev–Trinajstić information content (AvgIpc) is 3.16. The lowest BCUT2D eigenvalue weighted by atomic mass is 10.1. The minimum absolute atomic E-state index is 0.170. The first-order valence-electron chi connectivity index (χ1n) is 8.84. The second kappa shape index (κ2) is 7.51. The third-order valence-electron chi connectivity index (χ3n) is 4.67. The lowest BCUT2D eigenvalue weighted by Gasteiger charge is -2.23. The Balaban J connectivity index is 1.92. The number of nitro groups is 2. The van der Waals surface area contributed by atoms with E-state index in [2.05, 4.69) is 10.3 Å². The summed E-state index contributed by atoms with van der Waals surface area (Å²) in [6, 6.07) is 16.9. The van der Waals surface area contributed by atoms with E-state index in [0.717, 1.165) is 0 Å². The second-order valence-electron chi connectivity index (χ2n) is 6.46. The number of benzene rings is 3. The Morgan fingerprint density at radius 1 is 0.967 bits per heavy atom. The van der Waals surface area contributed by atoms with Crippen LogP contribution in [0, 0.1) is 20.2 Å². The molecule has 1 heterocycles. The van der Waals surface area contributed by atoms with Crippen LogP contribution in [-0.4, -0.2) is 24.5 Å². The van der Waals surface area contributed by atoms with E-state index in [4.69, 9.17) is 0 Å². The molecule has 10 heteroatoms. The predicted octanol–water partition coefficient (Wildman–Crippen LogP) is 4.22. The number of aromatic nitrogens is 2. The Morgan fingerprint density at radius 2 is 1.70 bits per heavy atom. The van der Waals surface area contributed by atoms with Crippen LogP contribution in [0.25, 0.3) is 11.0 Å². The molecule has 0 aliphatic heterocycles. The van der Waals surface area contributed by atoms with Crippen molar-refractivity contribution in [3.8, 4) is 5.75 Å². The van der Waals surface area contributed by atoms with Gasteiger partial charge in [0.1, 0.15) is 17.6 Å². The minimum atomic E-state index is -0.904. The quantitative estimate of drug-likeness (QED) is 0.362. The molecule has 0 aliphatic carbocycles. The predicted molar refractivity (Wildman–Crippen MR) is 109 cm³/mol. The maximum absolute atomic E-state index is 11.5. The fourth-order valence-corrected chi connectivity index (χ4v) is 3.26. The molecule has 3 aromatic carbocycles. The highest BCUT2D eigenvalue weighted by atomic mass is 16.6. The van der Waals surface area contributed by atoms with Gasteiger partial charge in [-0.3, -0.25) is 20.2 Å². The smallest absolute Gasteiger partial charge is 0.292 e. The van der Waals surface area contributed by atoms with Crippen LogP contribution in [0.4, 0.5) is 17.1 Å². The molecule has 0 aliphatic rings. The normalized spacial score (nSPS) is 11.9. The molecule has 30 heavy (non-hydrogen) atoms. The summed E-state index contributed by atoms with van der Waals surface area (Å²) in [7, 11) is 0. The Kier molecular flexibility index (Phi) is 4.72. The number of phenolic OH excluding ortho intramolecular Hbond substituents is 1. The van der Waals surface area contributed by atoms with Crippen molar-refractivity contribution in [2.24, 2.45) is 0 Å². The van der Waals surface area contributed by atoms with E-state index in [0.29, 0.717) is 11.0 Å². The van der Waals surface area contributed by atoms with Crippen molar-refractivity contribution < 1.29 is 15.0 Å². The molecule has 1 unspecified atom stereocenters. The summed E-state index contributed by atoms with van der Waals surface area (Å²) < 4.78 is 1.66. The molecule has 2 N–H and O–H groups in total. The maximum atomic E-state index is 11.5. The maximum Gasteiger partial charge on any atom is 0.292 e. The number of non-ortho nitro benzene ring substituents is 1. The number of rotatable bonds is 6. The molecule has 4 rings (SSSR count). The summed E-state index contributed by atoms with van der Waals surface area (Å²) in [4.78, 5) is 26.0. The highest BCUT2D eigenvalue weighted by molar-refractivity contribution is 5.76. The molecular weight excluding hydrogens is 390 g/mol. The third-order valence-corrected chi connectivity index (χ3v) is 4.67. The Hall–Kier alpha value is -4.47. The lowest BCUT2D eigenvalue weighted by Crippen LogP contribution is -2.20. The molecule has 1 atom stereocenters. The molecule has 4 aromatic rings. The number of hydrogen-bond donors (Lipinski definition) is 2. The van der Waals surface area contributed by atoms with Crippen LogP contribution in [0.1, 0.15) is 11.7 Å². The number of aromatic hydroxyl groups is 1. The zero-order chi connectivity index (χ0) is 21.3. The SMILES string of the molecule is O=[N+]([O-])c1ccc(O)c(C(Nc2ccccc2[N+](=O)[O-])n2cnc3ccccc32)c1. The number of nitrogens with zero attached hydrogens (tertiary/aromatic N) is 4. The summed E-state index contributed by atoms with van der Waals surface area (Å²) in [6.07, 6.45) is 0.605. The summed E-state index contributed by atoms with van der Waals surface area (Å²) >= 11 is 0. The molecule has 0 fully saturated rings. The summed E-state index contributed by atoms with van der Waals surface area (Å²) in [5.74, 6) is -0.200. The average molecular weight is 405 g/mol. The van der Waals surface area contributed by atoms with Crippen LogP contribution in [0.15, 0.2) is 73.1 Å². The molecule has 0 saturated carbocycles. The zero-order valence-corrected chi connectivity index (χ0v) is 15.4. The number of imidazole rings is 1. The van der Waals surface area contributed by atoms with Gasteiger partial charge in [0, 0.05) is 23.8 Å². The Morgan fingerprint density at radius 3 is 2.47 bits per heavy atom. The van der Waals surface area contributed by atoms with E-state index in [9.17, 15) is 25.3 Å². The van der Waals surface area contributed by atoms with Crippen LogP contribution >= 0.6 is 0 Å². The fourth-order valence-electron chi connectivity index (χ4n) is 3.26. The van der Waals surface area contributed by atoms with E-state index in [1.807, 2.05) is 6.07 Å². The van der Waals surface area contributed by atoms with E-state index >= 15 is 0 Å². The van der Waals surface area contributed by atoms with E-state index < -0.39 is 16.0 Å². The van der Waals surface area contributed by atoms with Gasteiger partial charge in [0.25, 0.3) is 11.4 Å². The number of fused-ring (bicyclic) bond motifs is 1. The summed E-state index contributed by atoms with van der Waals surface area (Å²) in [5, 5.41) is 36.3. The van der Waals surface area contributed by atoms with Gasteiger partial charge in [0.05, 0.1) is 27.2 Å². The first kappa shape index (κ1) is 18.9. The molecule has 0 amide bonds. The van der Waals surface area contributed by atoms with Crippen molar-refractivity contribution >= 4 is 28.1 Å². The zero-order valence-electron chi connectivity index (χ0n) is 15.4. The van der Waals surface area contributed by atoms with Crippen molar-refractivity contribution in [1.82, 2.24) is 9.55 Å². The summed E-state index contributed by atoms with van der Waals surface area (Å²) in [6.45, 7) is 0. The van der Waals surface area contributed by atoms with Gasteiger partial charge in [-0.2, -0.15) is 0 Å². The fraction of sp³-hybridized carbons (Fsp3) is 0.0500. The van der Waals surface area contributed by atoms with Crippen LogP contribution in [0.5, 0.6) is 5.75 Å². The van der Waals surface area contributed by atoms with Gasteiger partial charge in [-0.25, -0.2) is 4.98 Å². The summed E-state index contributed by atoms with van der Waals surface area (Å²) in [5.41, 5.74) is 1.32. The molecule has 1 aromatic heterocycles. The number of para-hydroxylation sites is 4. The van der Waals surface area contributed by atoms with E-state index in [1.165, 1.54) is 42.7 Å². The second-order valence-corrected chi connectivity index (χ2v) is 6.46. The van der Waals surface area contributed by atoms with Crippen molar-refractivity contribution in [2.45, 2.75) is 6.17 Å².